The van der Waals surface area contributed by atoms with Crippen LogP contribution in [0.3, 0.4) is 0 Å². The lowest BCUT2D eigenvalue weighted by Crippen LogP contribution is -2.19. The fourth-order valence-corrected chi connectivity index (χ4v) is 4.29. The van der Waals surface area contributed by atoms with Gasteiger partial charge in [0.15, 0.2) is 17.3 Å². The van der Waals surface area contributed by atoms with Crippen molar-refractivity contribution in [2.24, 2.45) is 5.10 Å². The van der Waals surface area contributed by atoms with Crippen molar-refractivity contribution in [1.29, 1.82) is 0 Å². The number of hydrogen-bond acceptors (Lipinski definition) is 9. The van der Waals surface area contributed by atoms with E-state index in [0.717, 1.165) is 22.5 Å². The van der Waals surface area contributed by atoms with Crippen LogP contribution in [0.15, 0.2) is 64.3 Å². The molecule has 4 rings (SSSR count). The third kappa shape index (κ3) is 7.17. The van der Waals surface area contributed by atoms with Crippen LogP contribution in [0.2, 0.25) is 5.02 Å². The van der Waals surface area contributed by atoms with E-state index >= 15 is 0 Å². The van der Waals surface area contributed by atoms with E-state index in [1.807, 2.05) is 38.1 Å². The van der Waals surface area contributed by atoms with Crippen molar-refractivity contribution < 1.29 is 23.5 Å². The highest BCUT2D eigenvalue weighted by Gasteiger charge is 2.15. The van der Waals surface area contributed by atoms with E-state index in [4.69, 9.17) is 25.5 Å². The minimum Gasteiger partial charge on any atom is -0.490 e. The van der Waals surface area contributed by atoms with Gasteiger partial charge in [-0.2, -0.15) is 5.10 Å². The lowest BCUT2D eigenvalue weighted by molar-refractivity contribution is -0.120. The Morgan fingerprint density at radius 3 is 2.76 bits per heavy atom. The molecule has 2 N–H and O–H groups in total. The summed E-state index contributed by atoms with van der Waals surface area (Å²) in [5, 5.41) is 15.4. The van der Waals surface area contributed by atoms with Gasteiger partial charge in [0.1, 0.15) is 11.6 Å². The van der Waals surface area contributed by atoms with Crippen LogP contribution in [0.1, 0.15) is 39.2 Å². The molecule has 0 aliphatic carbocycles. The van der Waals surface area contributed by atoms with Crippen molar-refractivity contribution in [3.8, 4) is 11.5 Å². The van der Waals surface area contributed by atoms with E-state index in [0.29, 0.717) is 40.3 Å². The van der Waals surface area contributed by atoms with Crippen LogP contribution in [-0.2, 0) is 17.8 Å². The summed E-state index contributed by atoms with van der Waals surface area (Å²) in [4.78, 5) is 24.3. The average molecular weight is 554 g/mol. The second-order valence-electron chi connectivity index (χ2n) is 7.88. The zero-order chi connectivity index (χ0) is 26.9. The van der Waals surface area contributed by atoms with Gasteiger partial charge in [0.2, 0.25) is 11.0 Å². The maximum absolute atomic E-state index is 12.3. The van der Waals surface area contributed by atoms with E-state index in [1.165, 1.54) is 18.5 Å². The van der Waals surface area contributed by atoms with E-state index < -0.39 is 11.8 Å². The summed E-state index contributed by atoms with van der Waals surface area (Å²) < 4.78 is 16.7. The number of aryl methyl sites for hydroxylation is 1. The predicted molar refractivity (Wildman–Crippen MR) is 144 cm³/mol. The third-order valence-corrected chi connectivity index (χ3v) is 6.23. The predicted octanol–water partition coefficient (Wildman–Crippen LogP) is 5.02. The summed E-state index contributed by atoms with van der Waals surface area (Å²) in [7, 11) is 0. The molecule has 0 bridgehead atoms. The van der Waals surface area contributed by atoms with Crippen LogP contribution in [0.25, 0.3) is 0 Å². The number of carbonyl (C=O) groups excluding carboxylic acids is 2. The molecule has 196 valence electrons. The van der Waals surface area contributed by atoms with Gasteiger partial charge >= 0.3 is 0 Å². The molecule has 0 atom stereocenters. The van der Waals surface area contributed by atoms with E-state index in [2.05, 4.69) is 26.0 Å². The number of rotatable bonds is 11. The molecule has 2 heterocycles. The lowest BCUT2D eigenvalue weighted by atomic mass is 10.1. The second-order valence-corrected chi connectivity index (χ2v) is 9.35. The van der Waals surface area contributed by atoms with Crippen molar-refractivity contribution in [2.45, 2.75) is 26.9 Å². The molecular weight excluding hydrogens is 530 g/mol. The summed E-state index contributed by atoms with van der Waals surface area (Å²) in [6, 6.07) is 14.5. The summed E-state index contributed by atoms with van der Waals surface area (Å²) >= 11 is 7.57. The Morgan fingerprint density at radius 2 is 2.00 bits per heavy atom. The topological polar surface area (TPSA) is 128 Å². The maximum atomic E-state index is 12.3. The monoisotopic (exact) mass is 553 g/mol. The molecule has 4 aromatic rings. The molecule has 38 heavy (non-hydrogen) atoms. The fraction of sp³-hybridized carbons (Fsp3) is 0.192. The van der Waals surface area contributed by atoms with Gasteiger partial charge < -0.3 is 13.9 Å². The second kappa shape index (κ2) is 12.8. The molecule has 10 nitrogen and oxygen atoms in total. The largest absolute Gasteiger partial charge is 0.490 e. The molecular formula is C26H24ClN5O5S. The van der Waals surface area contributed by atoms with Crippen molar-refractivity contribution in [3.05, 3.63) is 87.3 Å². The fourth-order valence-electron chi connectivity index (χ4n) is 3.29. The number of nitrogens with zero attached hydrogens (tertiary/aromatic N) is 3. The van der Waals surface area contributed by atoms with E-state index in [9.17, 15) is 9.59 Å². The normalized spacial score (nSPS) is 10.9. The van der Waals surface area contributed by atoms with Gasteiger partial charge in [-0.05, 0) is 54.8 Å². The molecule has 0 aliphatic heterocycles. The molecule has 2 amide bonds. The number of ether oxygens (including phenoxy) is 2. The van der Waals surface area contributed by atoms with Gasteiger partial charge in [0.25, 0.3) is 5.91 Å². The highest BCUT2D eigenvalue weighted by molar-refractivity contribution is 7.15. The zero-order valence-corrected chi connectivity index (χ0v) is 22.1. The van der Waals surface area contributed by atoms with Crippen LogP contribution in [0.4, 0.5) is 5.13 Å². The Hall–Kier alpha value is -4.22. The number of aromatic nitrogens is 2. The van der Waals surface area contributed by atoms with Crippen LogP contribution in [-0.4, -0.2) is 34.8 Å². The highest BCUT2D eigenvalue weighted by Crippen LogP contribution is 2.37. The molecule has 0 saturated carbocycles. The number of furan rings is 1. The third-order valence-electron chi connectivity index (χ3n) is 5.11. The Morgan fingerprint density at radius 1 is 1.16 bits per heavy atom. The minimum atomic E-state index is -0.455. The summed E-state index contributed by atoms with van der Waals surface area (Å²) in [6.07, 6.45) is 2.78. The van der Waals surface area contributed by atoms with Gasteiger partial charge in [-0.15, -0.1) is 10.2 Å². The molecule has 0 spiro atoms. The Labute approximate surface area is 227 Å². The first-order valence-corrected chi connectivity index (χ1v) is 12.7. The van der Waals surface area contributed by atoms with Gasteiger partial charge in [0, 0.05) is 0 Å². The summed E-state index contributed by atoms with van der Waals surface area (Å²) in [6.45, 7) is 4.64. The quantitative estimate of drug-likeness (QED) is 0.197. The van der Waals surface area contributed by atoms with Crippen molar-refractivity contribution >= 4 is 46.1 Å². The molecule has 0 aliphatic rings. The van der Waals surface area contributed by atoms with Gasteiger partial charge in [0.05, 0.1) is 30.5 Å². The highest BCUT2D eigenvalue weighted by atomic mass is 35.5. The number of hydrazone groups is 1. The Balaban J connectivity index is 1.34. The van der Waals surface area contributed by atoms with Gasteiger partial charge in [-0.1, -0.05) is 47.2 Å². The first kappa shape index (κ1) is 26.8. The number of hydrogen-bond donors (Lipinski definition) is 2. The number of halogens is 1. The molecule has 0 saturated heterocycles. The smallest absolute Gasteiger partial charge is 0.293 e. The standard InChI is InChI=1S/C26H24ClN5O5S/c1-3-35-21-12-17(11-19(27)24(21)37-15-18-8-5-4-7-16(18)2)14-28-30-22(33)13-23-31-32-26(38-23)29-25(34)20-9-6-10-36-20/h4-12,14H,3,13,15H2,1-2H3,(H,30,33)(H,29,32,34). The van der Waals surface area contributed by atoms with Crippen LogP contribution in [0.5, 0.6) is 11.5 Å². The summed E-state index contributed by atoms with van der Waals surface area (Å²) in [5.74, 6) is 0.190. The number of amides is 2. The molecule has 12 heteroatoms. The van der Waals surface area contributed by atoms with E-state index in [1.54, 1.807) is 18.2 Å². The first-order chi connectivity index (χ1) is 18.4. The lowest BCUT2D eigenvalue weighted by Gasteiger charge is -2.15. The Bertz CT molecular complexity index is 1440. The van der Waals surface area contributed by atoms with Gasteiger partial charge in [-0.3, -0.25) is 14.9 Å². The Kier molecular flexibility index (Phi) is 9.07. The SMILES string of the molecule is CCOc1cc(C=NNC(=O)Cc2nnc(NC(=O)c3ccco3)s2)cc(Cl)c1OCc1ccccc1C. The molecule has 2 aromatic heterocycles. The minimum absolute atomic E-state index is 0.0672. The maximum Gasteiger partial charge on any atom is 0.293 e. The summed E-state index contributed by atoms with van der Waals surface area (Å²) in [5.41, 5.74) is 5.21. The molecule has 0 radical (unpaired) electrons. The molecule has 0 unspecified atom stereocenters. The molecule has 0 fully saturated rings. The van der Waals surface area contributed by atoms with Crippen LogP contribution >= 0.6 is 22.9 Å². The van der Waals surface area contributed by atoms with Crippen molar-refractivity contribution in [1.82, 2.24) is 15.6 Å². The van der Waals surface area contributed by atoms with Gasteiger partial charge in [-0.25, -0.2) is 5.43 Å². The number of anilines is 1. The van der Waals surface area contributed by atoms with Crippen molar-refractivity contribution in [3.63, 3.8) is 0 Å². The number of nitrogens with one attached hydrogen (secondary N) is 2. The zero-order valence-electron chi connectivity index (χ0n) is 20.6. The number of carbonyl (C=O) groups is 2. The van der Waals surface area contributed by atoms with Crippen LogP contribution < -0.4 is 20.2 Å². The average Bonchev–Trinajstić information content (AvgIpc) is 3.57. The number of benzene rings is 2. The first-order valence-electron chi connectivity index (χ1n) is 11.6. The molecule has 2 aromatic carbocycles. The van der Waals surface area contributed by atoms with Crippen LogP contribution in [0, 0.1) is 6.92 Å². The van der Waals surface area contributed by atoms with Crippen molar-refractivity contribution in [2.75, 3.05) is 11.9 Å². The van der Waals surface area contributed by atoms with E-state index in [-0.39, 0.29) is 17.3 Å².